The fourth-order valence-electron chi connectivity index (χ4n) is 2.43. The van der Waals surface area contributed by atoms with Gasteiger partial charge in [0, 0.05) is 11.8 Å². The number of rotatable bonds is 5. The van der Waals surface area contributed by atoms with Gasteiger partial charge in [-0.3, -0.25) is 10.3 Å². The molecule has 0 radical (unpaired) electrons. The Bertz CT molecular complexity index is 847. The average Bonchev–Trinajstić information content (AvgIpc) is 2.62. The number of anilines is 1. The number of pyridine rings is 1. The molecular formula is C20H20N4O. The van der Waals surface area contributed by atoms with Crippen molar-refractivity contribution in [2.24, 2.45) is 5.73 Å². The standard InChI is InChI=1S/C20H20N4O/c1-15-11-12-19(23-13-15)24(20(21)22)14-16-7-5-6-10-18(16)25-17-8-3-2-4-9-17/h2-13H,14H2,1H3,(H3,21,22). The van der Waals surface area contributed by atoms with Crippen LogP contribution in [-0.2, 0) is 6.54 Å². The number of nitrogens with zero attached hydrogens (tertiary/aromatic N) is 2. The summed E-state index contributed by atoms with van der Waals surface area (Å²) in [6.07, 6.45) is 1.76. The van der Waals surface area contributed by atoms with E-state index < -0.39 is 0 Å². The van der Waals surface area contributed by atoms with Crippen molar-refractivity contribution in [3.8, 4) is 11.5 Å². The minimum Gasteiger partial charge on any atom is -0.457 e. The normalized spacial score (nSPS) is 10.3. The number of nitrogens with one attached hydrogen (secondary N) is 1. The molecule has 3 N–H and O–H groups in total. The summed E-state index contributed by atoms with van der Waals surface area (Å²) in [6, 6.07) is 21.1. The van der Waals surface area contributed by atoms with E-state index in [0.29, 0.717) is 12.4 Å². The lowest BCUT2D eigenvalue weighted by molar-refractivity contribution is 0.476. The third kappa shape index (κ3) is 4.14. The second-order valence-electron chi connectivity index (χ2n) is 5.69. The maximum absolute atomic E-state index is 7.91. The Morgan fingerprint density at radius 3 is 2.44 bits per heavy atom. The van der Waals surface area contributed by atoms with Crippen molar-refractivity contribution in [3.63, 3.8) is 0 Å². The van der Waals surface area contributed by atoms with Gasteiger partial charge in [-0.25, -0.2) is 4.98 Å². The van der Waals surface area contributed by atoms with Crippen LogP contribution in [0.1, 0.15) is 11.1 Å². The zero-order valence-electron chi connectivity index (χ0n) is 14.0. The van der Waals surface area contributed by atoms with Crippen LogP contribution < -0.4 is 15.4 Å². The van der Waals surface area contributed by atoms with Crippen molar-refractivity contribution in [1.29, 1.82) is 5.41 Å². The van der Waals surface area contributed by atoms with Gasteiger partial charge >= 0.3 is 0 Å². The molecule has 0 aliphatic heterocycles. The summed E-state index contributed by atoms with van der Waals surface area (Å²) in [5.74, 6) is 2.06. The zero-order valence-corrected chi connectivity index (χ0v) is 14.0. The Hall–Kier alpha value is -3.34. The third-order valence-electron chi connectivity index (χ3n) is 3.74. The Morgan fingerprint density at radius 1 is 1.04 bits per heavy atom. The first-order chi connectivity index (χ1) is 12.1. The molecule has 25 heavy (non-hydrogen) atoms. The van der Waals surface area contributed by atoms with Gasteiger partial charge in [-0.2, -0.15) is 0 Å². The van der Waals surface area contributed by atoms with E-state index in [0.717, 1.165) is 22.6 Å². The van der Waals surface area contributed by atoms with Crippen molar-refractivity contribution in [3.05, 3.63) is 84.1 Å². The summed E-state index contributed by atoms with van der Waals surface area (Å²) in [6.45, 7) is 2.37. The molecule has 0 spiro atoms. The van der Waals surface area contributed by atoms with E-state index >= 15 is 0 Å². The molecule has 0 fully saturated rings. The number of para-hydroxylation sites is 2. The Morgan fingerprint density at radius 2 is 1.76 bits per heavy atom. The molecule has 0 saturated heterocycles. The highest BCUT2D eigenvalue weighted by Crippen LogP contribution is 2.27. The molecule has 1 heterocycles. The zero-order chi connectivity index (χ0) is 17.6. The molecule has 5 nitrogen and oxygen atoms in total. The molecule has 0 aliphatic carbocycles. The summed E-state index contributed by atoms with van der Waals surface area (Å²) in [5.41, 5.74) is 7.76. The number of benzene rings is 2. The van der Waals surface area contributed by atoms with Gasteiger partial charge in [-0.1, -0.05) is 42.5 Å². The second kappa shape index (κ2) is 7.49. The van der Waals surface area contributed by atoms with Crippen LogP contribution >= 0.6 is 0 Å². The molecule has 0 bridgehead atoms. The van der Waals surface area contributed by atoms with Crippen molar-refractivity contribution < 1.29 is 4.74 Å². The van der Waals surface area contributed by atoms with E-state index in [1.165, 1.54) is 0 Å². The fraction of sp³-hybridized carbons (Fsp3) is 0.100. The number of guanidine groups is 1. The van der Waals surface area contributed by atoms with Crippen molar-refractivity contribution in [1.82, 2.24) is 4.98 Å². The van der Waals surface area contributed by atoms with Gasteiger partial charge in [0.25, 0.3) is 0 Å². The van der Waals surface area contributed by atoms with Crippen LogP contribution in [0, 0.1) is 12.3 Å². The van der Waals surface area contributed by atoms with E-state index in [4.69, 9.17) is 15.9 Å². The fourth-order valence-corrected chi connectivity index (χ4v) is 2.43. The van der Waals surface area contributed by atoms with E-state index in [-0.39, 0.29) is 5.96 Å². The number of aromatic nitrogens is 1. The predicted octanol–water partition coefficient (Wildman–Crippen LogP) is 4.08. The van der Waals surface area contributed by atoms with Crippen LogP contribution in [0.15, 0.2) is 72.9 Å². The molecule has 0 saturated carbocycles. The van der Waals surface area contributed by atoms with Gasteiger partial charge in [-0.15, -0.1) is 0 Å². The van der Waals surface area contributed by atoms with Crippen molar-refractivity contribution in [2.75, 3.05) is 4.90 Å². The summed E-state index contributed by atoms with van der Waals surface area (Å²) in [4.78, 5) is 6.02. The molecule has 3 rings (SSSR count). The molecular weight excluding hydrogens is 312 g/mol. The molecule has 0 amide bonds. The minimum absolute atomic E-state index is 0.0640. The lowest BCUT2D eigenvalue weighted by Crippen LogP contribution is -2.36. The molecule has 0 aliphatic rings. The first kappa shape index (κ1) is 16.5. The highest BCUT2D eigenvalue weighted by molar-refractivity contribution is 5.91. The van der Waals surface area contributed by atoms with Crippen LogP contribution in [0.5, 0.6) is 11.5 Å². The second-order valence-corrected chi connectivity index (χ2v) is 5.69. The molecule has 1 aromatic heterocycles. The number of hydrogen-bond donors (Lipinski definition) is 2. The van der Waals surface area contributed by atoms with Crippen LogP contribution in [0.2, 0.25) is 0 Å². The monoisotopic (exact) mass is 332 g/mol. The number of nitrogens with two attached hydrogens (primary N) is 1. The Labute approximate surface area is 147 Å². The van der Waals surface area contributed by atoms with Crippen LogP contribution in [0.4, 0.5) is 5.82 Å². The van der Waals surface area contributed by atoms with E-state index in [2.05, 4.69) is 4.98 Å². The number of hydrogen-bond acceptors (Lipinski definition) is 3. The number of ether oxygens (including phenoxy) is 1. The topological polar surface area (TPSA) is 75.2 Å². The highest BCUT2D eigenvalue weighted by atomic mass is 16.5. The maximum Gasteiger partial charge on any atom is 0.194 e. The summed E-state index contributed by atoms with van der Waals surface area (Å²) in [7, 11) is 0. The minimum atomic E-state index is -0.0640. The molecule has 5 heteroatoms. The van der Waals surface area contributed by atoms with E-state index in [1.807, 2.05) is 73.7 Å². The summed E-state index contributed by atoms with van der Waals surface area (Å²) >= 11 is 0. The lowest BCUT2D eigenvalue weighted by Gasteiger charge is -2.23. The number of aryl methyl sites for hydroxylation is 1. The van der Waals surface area contributed by atoms with Gasteiger partial charge in [0.05, 0.1) is 6.54 Å². The van der Waals surface area contributed by atoms with Crippen molar-refractivity contribution in [2.45, 2.75) is 13.5 Å². The first-order valence-corrected chi connectivity index (χ1v) is 7.98. The van der Waals surface area contributed by atoms with Crippen LogP contribution in [0.3, 0.4) is 0 Å². The summed E-state index contributed by atoms with van der Waals surface area (Å²) < 4.78 is 5.99. The van der Waals surface area contributed by atoms with Gasteiger partial charge in [0.15, 0.2) is 5.96 Å². The molecule has 0 atom stereocenters. The predicted molar refractivity (Wildman–Crippen MR) is 100 cm³/mol. The third-order valence-corrected chi connectivity index (χ3v) is 3.74. The molecule has 126 valence electrons. The Balaban J connectivity index is 1.88. The van der Waals surface area contributed by atoms with Gasteiger partial charge in [0.1, 0.15) is 17.3 Å². The average molecular weight is 332 g/mol. The largest absolute Gasteiger partial charge is 0.457 e. The summed E-state index contributed by atoms with van der Waals surface area (Å²) in [5, 5.41) is 7.91. The molecule has 3 aromatic rings. The SMILES string of the molecule is Cc1ccc(N(Cc2ccccc2Oc2ccccc2)C(=N)N)nc1. The first-order valence-electron chi connectivity index (χ1n) is 7.98. The van der Waals surface area contributed by atoms with Gasteiger partial charge in [0.2, 0.25) is 0 Å². The van der Waals surface area contributed by atoms with Gasteiger partial charge in [-0.05, 0) is 36.8 Å². The smallest absolute Gasteiger partial charge is 0.194 e. The van der Waals surface area contributed by atoms with Crippen LogP contribution in [0.25, 0.3) is 0 Å². The molecule has 0 unspecified atom stereocenters. The lowest BCUT2D eigenvalue weighted by atomic mass is 10.2. The van der Waals surface area contributed by atoms with Gasteiger partial charge < -0.3 is 10.5 Å². The quantitative estimate of drug-likeness (QED) is 0.545. The van der Waals surface area contributed by atoms with E-state index in [1.54, 1.807) is 11.1 Å². The highest BCUT2D eigenvalue weighted by Gasteiger charge is 2.14. The van der Waals surface area contributed by atoms with Crippen molar-refractivity contribution >= 4 is 11.8 Å². The maximum atomic E-state index is 7.91. The Kier molecular flexibility index (Phi) is 4.95. The molecule has 2 aromatic carbocycles. The van der Waals surface area contributed by atoms with E-state index in [9.17, 15) is 0 Å². The van der Waals surface area contributed by atoms with Crippen LogP contribution in [-0.4, -0.2) is 10.9 Å².